The van der Waals surface area contributed by atoms with E-state index in [9.17, 15) is 0 Å². The molecule has 0 rings (SSSR count). The fraction of sp³-hybridized carbons (Fsp3) is 1.00. The first kappa shape index (κ1) is 15.1. The first-order chi connectivity index (χ1) is 7.26. The van der Waals surface area contributed by atoms with Crippen LogP contribution in [0.1, 0.15) is 46.5 Å². The molecule has 1 unspecified atom stereocenters. The van der Waals surface area contributed by atoms with Gasteiger partial charge in [-0.25, -0.2) is 0 Å². The van der Waals surface area contributed by atoms with Crippen molar-refractivity contribution in [3.05, 3.63) is 0 Å². The summed E-state index contributed by atoms with van der Waals surface area (Å²) >= 11 is 0. The Labute approximate surface area is 96.2 Å². The third-order valence-corrected chi connectivity index (χ3v) is 4.69. The Hall–Kier alpha value is 0.0969. The van der Waals surface area contributed by atoms with E-state index in [0.29, 0.717) is 5.54 Å². The van der Waals surface area contributed by atoms with Crippen molar-refractivity contribution in [1.82, 2.24) is 0 Å². The Morgan fingerprint density at radius 1 is 1.13 bits per heavy atom. The van der Waals surface area contributed by atoms with Crippen LogP contribution in [0.2, 0.25) is 5.54 Å². The van der Waals surface area contributed by atoms with Crippen LogP contribution < -0.4 is 5.73 Å². The number of hydrogen-bond donors (Lipinski definition) is 1. The molecule has 15 heavy (non-hydrogen) atoms. The maximum absolute atomic E-state index is 5.83. The summed E-state index contributed by atoms with van der Waals surface area (Å²) in [4.78, 5) is 0. The largest absolute Gasteiger partial charge is 0.396 e. The molecular weight excluding hydrogens is 206 g/mol. The molecule has 0 aliphatic heterocycles. The maximum atomic E-state index is 5.83. The van der Waals surface area contributed by atoms with Gasteiger partial charge >= 0.3 is 9.28 Å². The van der Waals surface area contributed by atoms with E-state index >= 15 is 0 Å². The quantitative estimate of drug-likeness (QED) is 0.588. The molecule has 0 amide bonds. The fourth-order valence-corrected chi connectivity index (χ4v) is 3.62. The second-order valence-corrected chi connectivity index (χ2v) is 6.56. The lowest BCUT2D eigenvalue weighted by Crippen LogP contribution is -2.29. The van der Waals surface area contributed by atoms with E-state index in [1.165, 1.54) is 0 Å². The molecular formula is C11H27NO2Si. The van der Waals surface area contributed by atoms with Gasteiger partial charge in [0.15, 0.2) is 0 Å². The van der Waals surface area contributed by atoms with Crippen molar-refractivity contribution in [3.63, 3.8) is 0 Å². The predicted octanol–water partition coefficient (Wildman–Crippen LogP) is 2.19. The molecule has 0 aromatic carbocycles. The number of hydrogen-bond acceptors (Lipinski definition) is 3. The molecule has 0 radical (unpaired) electrons. The zero-order valence-corrected chi connectivity index (χ0v) is 11.7. The summed E-state index contributed by atoms with van der Waals surface area (Å²) in [5.41, 5.74) is 6.09. The maximum Gasteiger partial charge on any atom is 0.324 e. The molecule has 0 bridgehead atoms. The van der Waals surface area contributed by atoms with Crippen LogP contribution in [0.4, 0.5) is 0 Å². The van der Waals surface area contributed by atoms with Gasteiger partial charge in [-0.15, -0.1) is 0 Å². The van der Waals surface area contributed by atoms with Gasteiger partial charge in [0, 0.05) is 13.2 Å². The van der Waals surface area contributed by atoms with E-state index in [1.54, 1.807) is 0 Å². The molecule has 0 aliphatic rings. The van der Waals surface area contributed by atoms with Crippen LogP contribution >= 0.6 is 0 Å². The molecule has 0 aromatic heterocycles. The molecule has 3 nitrogen and oxygen atoms in total. The van der Waals surface area contributed by atoms with E-state index in [1.807, 2.05) is 0 Å². The average molecular weight is 233 g/mol. The normalized spacial score (nSPS) is 13.4. The van der Waals surface area contributed by atoms with Crippen molar-refractivity contribution in [2.45, 2.75) is 52.0 Å². The highest BCUT2D eigenvalue weighted by molar-refractivity contribution is 6.46. The Balaban J connectivity index is 3.84. The third-order valence-electron chi connectivity index (χ3n) is 2.30. The Morgan fingerprint density at radius 3 is 2.07 bits per heavy atom. The molecule has 4 heteroatoms. The zero-order chi connectivity index (χ0) is 11.5. The molecule has 0 heterocycles. The highest BCUT2D eigenvalue weighted by Gasteiger charge is 2.21. The molecule has 0 spiro atoms. The lowest BCUT2D eigenvalue weighted by Gasteiger charge is -2.22. The van der Waals surface area contributed by atoms with E-state index in [2.05, 4.69) is 20.8 Å². The van der Waals surface area contributed by atoms with E-state index in [4.69, 9.17) is 14.6 Å². The van der Waals surface area contributed by atoms with Crippen molar-refractivity contribution in [2.24, 2.45) is 5.73 Å². The van der Waals surface area contributed by atoms with Gasteiger partial charge in [-0.2, -0.15) is 0 Å². The number of nitrogens with two attached hydrogens (primary N) is 1. The molecule has 92 valence electrons. The van der Waals surface area contributed by atoms with Crippen molar-refractivity contribution in [3.8, 4) is 0 Å². The van der Waals surface area contributed by atoms with Crippen molar-refractivity contribution >= 4 is 9.28 Å². The average Bonchev–Trinajstić information content (AvgIpc) is 2.26. The summed E-state index contributed by atoms with van der Waals surface area (Å²) < 4.78 is 11.7. The summed E-state index contributed by atoms with van der Waals surface area (Å²) in [6.07, 6.45) is 4.36. The monoisotopic (exact) mass is 233 g/mol. The molecule has 0 saturated carbocycles. The van der Waals surface area contributed by atoms with E-state index in [-0.39, 0.29) is 0 Å². The first-order valence-corrected chi connectivity index (χ1v) is 7.80. The smallest absolute Gasteiger partial charge is 0.324 e. The zero-order valence-electron chi connectivity index (χ0n) is 10.5. The minimum Gasteiger partial charge on any atom is -0.396 e. The standard InChI is InChI=1S/C11H27NO2Si/c1-4-9-13-15(14-10-5-2)11(3)7-6-8-12/h11,15H,4-10,12H2,1-3H3. The van der Waals surface area contributed by atoms with Crippen molar-refractivity contribution in [1.29, 1.82) is 0 Å². The van der Waals surface area contributed by atoms with Crippen LogP contribution in [0, 0.1) is 0 Å². The second kappa shape index (κ2) is 10.6. The number of rotatable bonds is 10. The second-order valence-electron chi connectivity index (χ2n) is 4.02. The van der Waals surface area contributed by atoms with Crippen LogP contribution in [0.25, 0.3) is 0 Å². The van der Waals surface area contributed by atoms with Crippen molar-refractivity contribution in [2.75, 3.05) is 19.8 Å². The van der Waals surface area contributed by atoms with Gasteiger partial charge in [0.25, 0.3) is 0 Å². The van der Waals surface area contributed by atoms with Gasteiger partial charge in [0.2, 0.25) is 0 Å². The highest BCUT2D eigenvalue weighted by atomic mass is 28.3. The molecule has 0 aliphatic carbocycles. The molecule has 0 aromatic rings. The van der Waals surface area contributed by atoms with Gasteiger partial charge in [-0.3, -0.25) is 0 Å². The Bertz CT molecular complexity index is 128. The first-order valence-electron chi connectivity index (χ1n) is 6.19. The van der Waals surface area contributed by atoms with Crippen LogP contribution in [-0.4, -0.2) is 29.0 Å². The Morgan fingerprint density at radius 2 is 1.67 bits per heavy atom. The van der Waals surface area contributed by atoms with Crippen LogP contribution in [0.5, 0.6) is 0 Å². The highest BCUT2D eigenvalue weighted by Crippen LogP contribution is 2.18. The van der Waals surface area contributed by atoms with Gasteiger partial charge in [-0.05, 0) is 37.8 Å². The van der Waals surface area contributed by atoms with Gasteiger partial charge in [-0.1, -0.05) is 20.8 Å². The topological polar surface area (TPSA) is 44.5 Å². The fourth-order valence-electron chi connectivity index (χ4n) is 1.42. The SMILES string of the molecule is CCCO[SiH](OCCC)C(C)CCCN. The summed E-state index contributed by atoms with van der Waals surface area (Å²) in [7, 11) is -1.45. The molecule has 0 saturated heterocycles. The lowest BCUT2D eigenvalue weighted by molar-refractivity contribution is 0.187. The summed E-state index contributed by atoms with van der Waals surface area (Å²) in [5.74, 6) is 0. The van der Waals surface area contributed by atoms with E-state index in [0.717, 1.165) is 45.4 Å². The Kier molecular flexibility index (Phi) is 10.7. The van der Waals surface area contributed by atoms with E-state index < -0.39 is 9.28 Å². The van der Waals surface area contributed by atoms with Gasteiger partial charge in [0.05, 0.1) is 0 Å². The van der Waals surface area contributed by atoms with Crippen LogP contribution in [0.15, 0.2) is 0 Å². The van der Waals surface area contributed by atoms with Gasteiger partial charge < -0.3 is 14.6 Å². The van der Waals surface area contributed by atoms with Crippen LogP contribution in [-0.2, 0) is 8.85 Å². The van der Waals surface area contributed by atoms with Crippen molar-refractivity contribution < 1.29 is 8.85 Å². The minimum atomic E-state index is -1.45. The van der Waals surface area contributed by atoms with Gasteiger partial charge in [0.1, 0.15) is 0 Å². The molecule has 0 fully saturated rings. The molecule has 1 atom stereocenters. The summed E-state index contributed by atoms with van der Waals surface area (Å²) in [6.45, 7) is 8.96. The molecule has 2 N–H and O–H groups in total. The minimum absolute atomic E-state index is 0.576. The summed E-state index contributed by atoms with van der Waals surface area (Å²) in [5, 5.41) is 0. The van der Waals surface area contributed by atoms with Crippen LogP contribution in [0.3, 0.4) is 0 Å². The third kappa shape index (κ3) is 7.96. The lowest BCUT2D eigenvalue weighted by atomic mass is 10.2. The predicted molar refractivity (Wildman–Crippen MR) is 67.3 cm³/mol. The summed E-state index contributed by atoms with van der Waals surface area (Å²) in [6, 6.07) is 0.